The molecule has 1 spiro atoms. The molecule has 0 radical (unpaired) electrons. The lowest BCUT2D eigenvalue weighted by Crippen LogP contribution is -2.57. The summed E-state index contributed by atoms with van der Waals surface area (Å²) in [5.74, 6) is 0.302. The van der Waals surface area contributed by atoms with Gasteiger partial charge in [-0.25, -0.2) is 0 Å². The number of likely N-dealkylation sites (tertiary alicyclic amines) is 1. The molecule has 156 valence electrons. The van der Waals surface area contributed by atoms with E-state index < -0.39 is 6.36 Å². The maximum atomic E-state index is 12.9. The SMILES string of the molecule is O=C1CC[C@]2(C[C@H](C(=O)N3CCC4(c5cccc(OC(F)(F)F)c5)CC4C3)C2)N1. The highest BCUT2D eigenvalue weighted by molar-refractivity contribution is 5.84. The molecule has 2 heterocycles. The molecule has 29 heavy (non-hydrogen) atoms. The first-order chi connectivity index (χ1) is 13.7. The fourth-order valence-electron chi connectivity index (χ4n) is 5.72. The van der Waals surface area contributed by atoms with Crippen molar-refractivity contribution >= 4 is 11.8 Å². The van der Waals surface area contributed by atoms with Gasteiger partial charge in [0.1, 0.15) is 5.75 Å². The van der Waals surface area contributed by atoms with Gasteiger partial charge in [0, 0.05) is 36.4 Å². The number of fused-ring (bicyclic) bond motifs is 1. The number of hydrogen-bond acceptors (Lipinski definition) is 3. The second kappa shape index (κ2) is 6.12. The molecule has 2 aliphatic carbocycles. The molecule has 2 aliphatic heterocycles. The van der Waals surface area contributed by atoms with Gasteiger partial charge in [-0.05, 0) is 55.7 Å². The van der Waals surface area contributed by atoms with E-state index in [1.165, 1.54) is 12.1 Å². The van der Waals surface area contributed by atoms with Crippen LogP contribution >= 0.6 is 0 Å². The Bertz CT molecular complexity index is 865. The minimum absolute atomic E-state index is 0.0248. The molecule has 1 aromatic rings. The monoisotopic (exact) mass is 408 g/mol. The lowest BCUT2D eigenvalue weighted by atomic mass is 9.67. The zero-order valence-electron chi connectivity index (χ0n) is 15.9. The number of nitrogens with one attached hydrogen (secondary N) is 1. The van der Waals surface area contributed by atoms with Crippen LogP contribution in [0.4, 0.5) is 13.2 Å². The van der Waals surface area contributed by atoms with E-state index in [1.54, 1.807) is 6.07 Å². The van der Waals surface area contributed by atoms with E-state index in [9.17, 15) is 22.8 Å². The van der Waals surface area contributed by atoms with Crippen LogP contribution in [0.5, 0.6) is 5.75 Å². The Hall–Kier alpha value is -2.25. The first-order valence-electron chi connectivity index (χ1n) is 10.1. The van der Waals surface area contributed by atoms with Crippen molar-refractivity contribution in [2.45, 2.75) is 55.8 Å². The number of hydrogen-bond donors (Lipinski definition) is 1. The molecule has 0 aromatic heterocycles. The number of amides is 2. The third kappa shape index (κ3) is 3.26. The van der Waals surface area contributed by atoms with Crippen LogP contribution in [0.15, 0.2) is 24.3 Å². The zero-order chi connectivity index (χ0) is 20.4. The number of halogens is 3. The van der Waals surface area contributed by atoms with Gasteiger partial charge >= 0.3 is 6.36 Å². The molecule has 1 N–H and O–H groups in total. The first-order valence-corrected chi connectivity index (χ1v) is 10.1. The predicted molar refractivity (Wildman–Crippen MR) is 96.9 cm³/mol. The average molecular weight is 408 g/mol. The van der Waals surface area contributed by atoms with Gasteiger partial charge in [0.05, 0.1) is 0 Å². The second-order valence-corrected chi connectivity index (χ2v) is 9.10. The Kier molecular flexibility index (Phi) is 3.96. The van der Waals surface area contributed by atoms with Crippen molar-refractivity contribution in [2.24, 2.45) is 11.8 Å². The molecule has 5 rings (SSSR count). The van der Waals surface area contributed by atoms with Crippen LogP contribution in [0.2, 0.25) is 0 Å². The second-order valence-electron chi connectivity index (χ2n) is 9.10. The van der Waals surface area contributed by atoms with Gasteiger partial charge in [0.2, 0.25) is 11.8 Å². The summed E-state index contributed by atoms with van der Waals surface area (Å²) in [4.78, 5) is 26.3. The summed E-state index contributed by atoms with van der Waals surface area (Å²) in [5.41, 5.74) is 0.574. The molecule has 2 saturated heterocycles. The first kappa shape index (κ1) is 18.8. The van der Waals surface area contributed by atoms with Crippen LogP contribution in [0.25, 0.3) is 0 Å². The summed E-state index contributed by atoms with van der Waals surface area (Å²) in [6.45, 7) is 1.27. The number of carbonyl (C=O) groups excluding carboxylic acids is 2. The van der Waals surface area contributed by atoms with Gasteiger partial charge < -0.3 is 15.0 Å². The molecule has 0 bridgehead atoms. The van der Waals surface area contributed by atoms with Crippen molar-refractivity contribution in [1.82, 2.24) is 10.2 Å². The highest BCUT2D eigenvalue weighted by Gasteiger charge is 2.59. The Morgan fingerprint density at radius 1 is 1.21 bits per heavy atom. The summed E-state index contributed by atoms with van der Waals surface area (Å²) in [6.07, 6.45) is -0.246. The van der Waals surface area contributed by atoms with E-state index in [0.717, 1.165) is 37.7 Å². The van der Waals surface area contributed by atoms with Gasteiger partial charge in [0.15, 0.2) is 0 Å². The number of nitrogens with zero attached hydrogens (tertiary/aromatic N) is 1. The van der Waals surface area contributed by atoms with Gasteiger partial charge in [0.25, 0.3) is 0 Å². The van der Waals surface area contributed by atoms with Crippen molar-refractivity contribution in [3.05, 3.63) is 29.8 Å². The highest BCUT2D eigenvalue weighted by atomic mass is 19.4. The van der Waals surface area contributed by atoms with E-state index >= 15 is 0 Å². The van der Waals surface area contributed by atoms with Crippen molar-refractivity contribution in [3.63, 3.8) is 0 Å². The molecule has 2 atom stereocenters. The van der Waals surface area contributed by atoms with Crippen LogP contribution in [-0.2, 0) is 15.0 Å². The Morgan fingerprint density at radius 3 is 2.66 bits per heavy atom. The minimum atomic E-state index is -4.70. The van der Waals surface area contributed by atoms with Gasteiger partial charge in [-0.1, -0.05) is 12.1 Å². The molecule has 2 amide bonds. The summed E-state index contributed by atoms with van der Waals surface area (Å²) in [5, 5.41) is 3.02. The molecular formula is C21H23F3N2O3. The number of piperidine rings is 1. The predicted octanol–water partition coefficient (Wildman–Crippen LogP) is 3.13. The highest BCUT2D eigenvalue weighted by Crippen LogP contribution is 2.60. The van der Waals surface area contributed by atoms with Crippen LogP contribution in [0, 0.1) is 11.8 Å². The standard InChI is InChI=1S/C21H23F3N2O3/c22-21(23,24)29-16-3-1-2-14(8-16)20-6-7-26(12-15(20)11-20)18(28)13-9-19(10-13)5-4-17(27)25-19/h1-3,8,13,15H,4-7,9-12H2,(H,25,27)/t13-,15?,19+,20?. The van der Waals surface area contributed by atoms with Crippen LogP contribution in [0.3, 0.4) is 0 Å². The van der Waals surface area contributed by atoms with Crippen molar-refractivity contribution < 1.29 is 27.5 Å². The topological polar surface area (TPSA) is 58.6 Å². The van der Waals surface area contributed by atoms with E-state index in [4.69, 9.17) is 0 Å². The lowest BCUT2D eigenvalue weighted by Gasteiger charge is -2.46. The maximum Gasteiger partial charge on any atom is 0.573 e. The fraction of sp³-hybridized carbons (Fsp3) is 0.619. The van der Waals surface area contributed by atoms with E-state index in [2.05, 4.69) is 10.1 Å². The average Bonchev–Trinajstić information content (AvgIpc) is 3.24. The molecule has 5 nitrogen and oxygen atoms in total. The minimum Gasteiger partial charge on any atom is -0.406 e. The molecule has 1 aromatic carbocycles. The Morgan fingerprint density at radius 2 is 2.00 bits per heavy atom. The van der Waals surface area contributed by atoms with Crippen LogP contribution < -0.4 is 10.1 Å². The van der Waals surface area contributed by atoms with Gasteiger partial charge in [-0.2, -0.15) is 0 Å². The summed E-state index contributed by atoms with van der Waals surface area (Å²) in [6, 6.07) is 6.27. The van der Waals surface area contributed by atoms with Crippen molar-refractivity contribution in [1.29, 1.82) is 0 Å². The van der Waals surface area contributed by atoms with Crippen LogP contribution in [-0.4, -0.2) is 41.7 Å². The number of rotatable bonds is 3. The lowest BCUT2D eigenvalue weighted by molar-refractivity contribution is -0.274. The van der Waals surface area contributed by atoms with E-state index in [-0.39, 0.29) is 40.4 Å². The zero-order valence-corrected chi connectivity index (χ0v) is 15.9. The Labute approximate surface area is 166 Å². The fourth-order valence-corrected chi connectivity index (χ4v) is 5.72. The summed E-state index contributed by atoms with van der Waals surface area (Å²) in [7, 11) is 0. The number of ether oxygens (including phenoxy) is 1. The smallest absolute Gasteiger partial charge is 0.406 e. The molecule has 4 aliphatic rings. The van der Waals surface area contributed by atoms with Crippen molar-refractivity contribution in [3.8, 4) is 5.75 Å². The quantitative estimate of drug-likeness (QED) is 0.836. The van der Waals surface area contributed by atoms with E-state index in [0.29, 0.717) is 19.5 Å². The molecular weight excluding hydrogens is 385 g/mol. The summed E-state index contributed by atoms with van der Waals surface area (Å²) >= 11 is 0. The largest absolute Gasteiger partial charge is 0.573 e. The molecule has 8 heteroatoms. The van der Waals surface area contributed by atoms with Crippen LogP contribution in [0.1, 0.15) is 44.1 Å². The normalized spacial score (nSPS) is 35.7. The molecule has 2 saturated carbocycles. The number of benzene rings is 1. The van der Waals surface area contributed by atoms with E-state index in [1.807, 2.05) is 11.0 Å². The maximum absolute atomic E-state index is 12.9. The summed E-state index contributed by atoms with van der Waals surface area (Å²) < 4.78 is 41.6. The molecule has 4 fully saturated rings. The third-order valence-corrected chi connectivity index (χ3v) is 7.31. The number of carbonyl (C=O) groups is 2. The van der Waals surface area contributed by atoms with Crippen molar-refractivity contribution in [2.75, 3.05) is 13.1 Å². The van der Waals surface area contributed by atoms with Gasteiger partial charge in [-0.15, -0.1) is 13.2 Å². The number of alkyl halides is 3. The Balaban J connectivity index is 1.21. The third-order valence-electron chi connectivity index (χ3n) is 7.31. The van der Waals surface area contributed by atoms with Gasteiger partial charge in [-0.3, -0.25) is 9.59 Å². The molecule has 2 unspecified atom stereocenters.